The molecule has 0 amide bonds. The molecule has 1 saturated heterocycles. The summed E-state index contributed by atoms with van der Waals surface area (Å²) >= 11 is 0. The average molecular weight is 272 g/mol. The van der Waals surface area contributed by atoms with Gasteiger partial charge in [-0.2, -0.15) is 0 Å². The van der Waals surface area contributed by atoms with Crippen LogP contribution in [0.4, 0.5) is 0 Å². The highest BCUT2D eigenvalue weighted by Crippen LogP contribution is 2.44. The van der Waals surface area contributed by atoms with Crippen molar-refractivity contribution in [2.45, 2.75) is 57.7 Å². The Labute approximate surface area is 123 Å². The summed E-state index contributed by atoms with van der Waals surface area (Å²) in [5, 5.41) is 3.89. The molecule has 1 N–H and O–H groups in total. The Hall–Kier alpha value is -0.860. The molecule has 1 aliphatic carbocycles. The number of hydrogen-bond acceptors (Lipinski definition) is 2. The Kier molecular flexibility index (Phi) is 3.42. The summed E-state index contributed by atoms with van der Waals surface area (Å²) in [4.78, 5) is 2.71. The van der Waals surface area contributed by atoms with Crippen LogP contribution in [0.25, 0.3) is 0 Å². The molecule has 2 heteroatoms. The van der Waals surface area contributed by atoms with Gasteiger partial charge in [-0.15, -0.1) is 0 Å². The number of nitrogens with one attached hydrogen (secondary N) is 1. The van der Waals surface area contributed by atoms with E-state index < -0.39 is 0 Å². The van der Waals surface area contributed by atoms with E-state index in [1.165, 1.54) is 18.4 Å². The van der Waals surface area contributed by atoms with Crippen LogP contribution in [0.3, 0.4) is 0 Å². The van der Waals surface area contributed by atoms with E-state index in [9.17, 15) is 0 Å². The van der Waals surface area contributed by atoms with Crippen molar-refractivity contribution < 1.29 is 0 Å². The molecule has 3 rings (SSSR count). The molecule has 0 spiro atoms. The third-order valence-electron chi connectivity index (χ3n) is 5.47. The van der Waals surface area contributed by atoms with Crippen LogP contribution in [0.1, 0.15) is 46.1 Å². The van der Waals surface area contributed by atoms with Crippen molar-refractivity contribution in [1.82, 2.24) is 10.2 Å². The number of benzene rings is 1. The molecule has 0 bridgehead atoms. The quantitative estimate of drug-likeness (QED) is 0.907. The van der Waals surface area contributed by atoms with Gasteiger partial charge in [-0.25, -0.2) is 0 Å². The van der Waals surface area contributed by atoms with Crippen molar-refractivity contribution in [3.8, 4) is 0 Å². The van der Waals surface area contributed by atoms with Crippen LogP contribution in [-0.2, 0) is 5.54 Å². The van der Waals surface area contributed by atoms with Gasteiger partial charge in [-0.1, -0.05) is 30.3 Å². The first-order valence-corrected chi connectivity index (χ1v) is 8.03. The van der Waals surface area contributed by atoms with E-state index in [-0.39, 0.29) is 5.54 Å². The summed E-state index contributed by atoms with van der Waals surface area (Å²) in [6.07, 6.45) is 2.80. The summed E-state index contributed by atoms with van der Waals surface area (Å²) in [6, 6.07) is 11.5. The summed E-state index contributed by atoms with van der Waals surface area (Å²) in [7, 11) is 0. The van der Waals surface area contributed by atoms with Gasteiger partial charge in [-0.3, -0.25) is 4.90 Å². The molecule has 1 aliphatic heterocycles. The zero-order chi connectivity index (χ0) is 14.4. The summed E-state index contributed by atoms with van der Waals surface area (Å²) in [5.41, 5.74) is 1.83. The molecule has 2 atom stereocenters. The van der Waals surface area contributed by atoms with Gasteiger partial charge in [0.25, 0.3) is 0 Å². The van der Waals surface area contributed by atoms with Crippen molar-refractivity contribution in [1.29, 1.82) is 0 Å². The van der Waals surface area contributed by atoms with Crippen LogP contribution >= 0.6 is 0 Å². The maximum absolute atomic E-state index is 3.89. The van der Waals surface area contributed by atoms with Crippen molar-refractivity contribution in [3.05, 3.63) is 35.9 Å². The van der Waals surface area contributed by atoms with Gasteiger partial charge < -0.3 is 5.32 Å². The first-order valence-electron chi connectivity index (χ1n) is 8.03. The molecule has 0 radical (unpaired) electrons. The summed E-state index contributed by atoms with van der Waals surface area (Å²) in [6.45, 7) is 11.7. The number of rotatable bonds is 3. The zero-order valence-corrected chi connectivity index (χ0v) is 13.3. The van der Waals surface area contributed by atoms with Crippen molar-refractivity contribution in [2.75, 3.05) is 13.1 Å². The van der Waals surface area contributed by atoms with E-state index in [2.05, 4.69) is 68.2 Å². The lowest BCUT2D eigenvalue weighted by molar-refractivity contribution is -0.0127. The van der Waals surface area contributed by atoms with Gasteiger partial charge in [0.15, 0.2) is 0 Å². The lowest BCUT2D eigenvalue weighted by Gasteiger charge is -2.54. The standard InChI is InChI=1S/C18H28N2/c1-14(2)20-13-17(3,15-10-11-15)19-12-18(20,4)16-8-6-5-7-9-16/h5-9,14-15,19H,10-13H2,1-4H3. The Morgan fingerprint density at radius 3 is 2.35 bits per heavy atom. The molecule has 2 nitrogen and oxygen atoms in total. The van der Waals surface area contributed by atoms with Crippen LogP contribution in [0.5, 0.6) is 0 Å². The second-order valence-electron chi connectivity index (χ2n) is 7.41. The molecule has 2 aliphatic rings. The first-order chi connectivity index (χ1) is 9.46. The largest absolute Gasteiger partial charge is 0.308 e. The molecule has 1 saturated carbocycles. The monoisotopic (exact) mass is 272 g/mol. The zero-order valence-electron chi connectivity index (χ0n) is 13.3. The fourth-order valence-electron chi connectivity index (χ4n) is 3.87. The van der Waals surface area contributed by atoms with Gasteiger partial charge in [0.1, 0.15) is 0 Å². The summed E-state index contributed by atoms with van der Waals surface area (Å²) in [5.74, 6) is 0.879. The minimum Gasteiger partial charge on any atom is -0.308 e. The Bertz CT molecular complexity index is 466. The van der Waals surface area contributed by atoms with Crippen LogP contribution in [0.15, 0.2) is 30.3 Å². The lowest BCUT2D eigenvalue weighted by atomic mass is 9.81. The molecule has 110 valence electrons. The molecule has 1 aromatic carbocycles. The van der Waals surface area contributed by atoms with Crippen molar-refractivity contribution in [3.63, 3.8) is 0 Å². The fourth-order valence-corrected chi connectivity index (χ4v) is 3.87. The van der Waals surface area contributed by atoms with E-state index >= 15 is 0 Å². The predicted molar refractivity (Wildman–Crippen MR) is 84.8 cm³/mol. The van der Waals surface area contributed by atoms with Gasteiger partial charge in [0.2, 0.25) is 0 Å². The molecule has 0 aromatic heterocycles. The van der Waals surface area contributed by atoms with Gasteiger partial charge in [0.05, 0.1) is 5.54 Å². The lowest BCUT2D eigenvalue weighted by Crippen LogP contribution is -2.68. The molecular weight excluding hydrogens is 244 g/mol. The molecule has 1 heterocycles. The van der Waals surface area contributed by atoms with Crippen LogP contribution in [-0.4, -0.2) is 29.6 Å². The van der Waals surface area contributed by atoms with E-state index in [0.29, 0.717) is 11.6 Å². The smallest absolute Gasteiger partial charge is 0.0560 e. The highest BCUT2D eigenvalue weighted by molar-refractivity contribution is 5.27. The van der Waals surface area contributed by atoms with Crippen LogP contribution in [0.2, 0.25) is 0 Å². The number of hydrogen-bond donors (Lipinski definition) is 1. The topological polar surface area (TPSA) is 15.3 Å². The number of piperazine rings is 1. The molecule has 2 fully saturated rings. The summed E-state index contributed by atoms with van der Waals surface area (Å²) < 4.78 is 0. The van der Waals surface area contributed by atoms with E-state index in [1.54, 1.807) is 0 Å². The third-order valence-corrected chi connectivity index (χ3v) is 5.47. The Morgan fingerprint density at radius 2 is 1.80 bits per heavy atom. The second kappa shape index (κ2) is 4.85. The minimum atomic E-state index is 0.101. The Balaban J connectivity index is 1.91. The van der Waals surface area contributed by atoms with E-state index in [0.717, 1.165) is 19.0 Å². The molecule has 1 aromatic rings. The fraction of sp³-hybridized carbons (Fsp3) is 0.667. The molecule has 20 heavy (non-hydrogen) atoms. The normalized spacial score (nSPS) is 35.5. The Morgan fingerprint density at radius 1 is 1.15 bits per heavy atom. The van der Waals surface area contributed by atoms with Crippen LogP contribution in [0, 0.1) is 5.92 Å². The van der Waals surface area contributed by atoms with Gasteiger partial charge in [-0.05, 0) is 52.0 Å². The van der Waals surface area contributed by atoms with Gasteiger partial charge in [0, 0.05) is 24.7 Å². The average Bonchev–Trinajstić information content (AvgIpc) is 3.27. The van der Waals surface area contributed by atoms with E-state index in [4.69, 9.17) is 0 Å². The van der Waals surface area contributed by atoms with Crippen molar-refractivity contribution in [2.24, 2.45) is 5.92 Å². The minimum absolute atomic E-state index is 0.101. The SMILES string of the molecule is CC(C)N1CC(C)(C2CC2)NCC1(C)c1ccccc1. The van der Waals surface area contributed by atoms with Gasteiger partial charge >= 0.3 is 0 Å². The second-order valence-corrected chi connectivity index (χ2v) is 7.41. The highest BCUT2D eigenvalue weighted by Gasteiger charge is 2.50. The van der Waals surface area contributed by atoms with Crippen LogP contribution < -0.4 is 5.32 Å². The van der Waals surface area contributed by atoms with Crippen molar-refractivity contribution >= 4 is 0 Å². The first kappa shape index (κ1) is 14.1. The maximum atomic E-state index is 3.89. The predicted octanol–water partition coefficient (Wildman–Crippen LogP) is 3.38. The maximum Gasteiger partial charge on any atom is 0.0560 e. The molecular formula is C18H28N2. The number of nitrogens with zero attached hydrogens (tertiary/aromatic N) is 1. The third kappa shape index (κ3) is 2.29. The highest BCUT2D eigenvalue weighted by atomic mass is 15.3. The van der Waals surface area contributed by atoms with E-state index in [1.807, 2.05) is 0 Å². The molecule has 2 unspecified atom stereocenters.